The Morgan fingerprint density at radius 2 is 1.34 bits per heavy atom. The van der Waals surface area contributed by atoms with Crippen molar-refractivity contribution in [2.24, 2.45) is 5.73 Å². The lowest BCUT2D eigenvalue weighted by Gasteiger charge is -2.32. The Morgan fingerprint density at radius 3 is 1.92 bits per heavy atom. The molecule has 50 heavy (non-hydrogen) atoms. The van der Waals surface area contributed by atoms with E-state index >= 15 is 0 Å². The van der Waals surface area contributed by atoms with Gasteiger partial charge in [-0.2, -0.15) is 10.2 Å². The Labute approximate surface area is 285 Å². The van der Waals surface area contributed by atoms with Crippen molar-refractivity contribution >= 4 is 45.9 Å². The number of nitrogens with two attached hydrogens (primary N) is 1. The van der Waals surface area contributed by atoms with Gasteiger partial charge >= 0.3 is 7.12 Å². The zero-order chi connectivity index (χ0) is 35.4. The normalized spacial score (nSPS) is 16.2. The van der Waals surface area contributed by atoms with Crippen LogP contribution in [0.3, 0.4) is 0 Å². The predicted molar refractivity (Wildman–Crippen MR) is 186 cm³/mol. The van der Waals surface area contributed by atoms with Gasteiger partial charge in [0, 0.05) is 35.4 Å². The van der Waals surface area contributed by atoms with Crippen molar-refractivity contribution in [1.82, 2.24) is 34.8 Å². The minimum atomic E-state index is -0.615. The molecule has 0 unspecified atom stereocenters. The zero-order valence-electron chi connectivity index (χ0n) is 27.8. The van der Waals surface area contributed by atoms with Crippen molar-refractivity contribution in [3.05, 3.63) is 123 Å². The van der Waals surface area contributed by atoms with E-state index in [1.54, 1.807) is 61.1 Å². The van der Waals surface area contributed by atoms with Crippen LogP contribution < -0.4 is 22.3 Å². The van der Waals surface area contributed by atoms with Gasteiger partial charge in [0.25, 0.3) is 22.9 Å². The Balaban J connectivity index is 0.000000184. The van der Waals surface area contributed by atoms with Crippen molar-refractivity contribution in [3.8, 4) is 5.69 Å². The van der Waals surface area contributed by atoms with E-state index in [1.165, 1.54) is 0 Å². The van der Waals surface area contributed by atoms with Crippen LogP contribution in [0.25, 0.3) is 27.2 Å². The second-order valence-electron chi connectivity index (χ2n) is 13.0. The SMILES string of the molecule is CC1(C)OB(c2ccc3c(=O)[nH]nc(CN4C(=O)c5ccccc5C4=O)c3c2)OC1(C)C.NCc1n[nH]c(=O)c2ccc(-n3ccnc3)cc12. The van der Waals surface area contributed by atoms with E-state index in [-0.39, 0.29) is 36.0 Å². The van der Waals surface area contributed by atoms with E-state index in [0.29, 0.717) is 38.7 Å². The van der Waals surface area contributed by atoms with Gasteiger partial charge < -0.3 is 19.6 Å². The molecule has 3 aromatic carbocycles. The quantitative estimate of drug-likeness (QED) is 0.181. The summed E-state index contributed by atoms with van der Waals surface area (Å²) < 4.78 is 14.1. The Kier molecular flexibility index (Phi) is 8.05. The summed E-state index contributed by atoms with van der Waals surface area (Å²) in [5.74, 6) is -0.761. The average Bonchev–Trinajstić information content (AvgIpc) is 3.79. The fraction of sp³-hybridized carbons (Fsp3) is 0.229. The lowest BCUT2D eigenvalue weighted by atomic mass is 9.78. The molecule has 0 spiro atoms. The highest BCUT2D eigenvalue weighted by molar-refractivity contribution is 6.62. The first kappa shape index (κ1) is 32.8. The topological polar surface area (TPSA) is 191 Å². The highest BCUT2D eigenvalue weighted by atomic mass is 16.7. The van der Waals surface area contributed by atoms with E-state index in [2.05, 4.69) is 25.4 Å². The highest BCUT2D eigenvalue weighted by Crippen LogP contribution is 2.36. The van der Waals surface area contributed by atoms with E-state index in [0.717, 1.165) is 21.4 Å². The summed E-state index contributed by atoms with van der Waals surface area (Å²) in [5, 5.41) is 15.3. The van der Waals surface area contributed by atoms with Crippen LogP contribution in [0.1, 0.15) is 59.8 Å². The molecule has 6 aromatic rings. The number of aromatic amines is 2. The maximum absolute atomic E-state index is 12.8. The van der Waals surface area contributed by atoms with Crippen LogP contribution in [0.2, 0.25) is 0 Å². The minimum Gasteiger partial charge on any atom is -0.399 e. The number of rotatable bonds is 5. The number of amides is 2. The summed E-state index contributed by atoms with van der Waals surface area (Å²) in [6, 6.07) is 17.5. The highest BCUT2D eigenvalue weighted by Gasteiger charge is 2.51. The second kappa shape index (κ2) is 12.3. The van der Waals surface area contributed by atoms with Crippen molar-refractivity contribution in [1.29, 1.82) is 0 Å². The van der Waals surface area contributed by atoms with Gasteiger partial charge in [0.1, 0.15) is 0 Å². The molecule has 15 heteroatoms. The second-order valence-corrected chi connectivity index (χ2v) is 13.0. The molecule has 2 aliphatic heterocycles. The molecule has 0 bridgehead atoms. The fourth-order valence-electron chi connectivity index (χ4n) is 5.95. The third-order valence-corrected chi connectivity index (χ3v) is 9.45. The Morgan fingerprint density at radius 1 is 0.760 bits per heavy atom. The number of H-pyrrole nitrogens is 2. The number of imide groups is 1. The Bertz CT molecular complexity index is 2370. The molecule has 2 aliphatic rings. The number of imidazole rings is 1. The summed E-state index contributed by atoms with van der Waals surface area (Å²) in [6.45, 7) is 8.08. The molecule has 1 saturated heterocycles. The van der Waals surface area contributed by atoms with Gasteiger partial charge in [-0.05, 0) is 69.6 Å². The van der Waals surface area contributed by atoms with E-state index in [4.69, 9.17) is 15.0 Å². The summed E-state index contributed by atoms with van der Waals surface area (Å²) in [5.41, 5.74) is 7.50. The number of hydrogen-bond acceptors (Lipinski definition) is 10. The fourth-order valence-corrected chi connectivity index (χ4v) is 5.95. The first-order valence-corrected chi connectivity index (χ1v) is 15.9. The molecule has 14 nitrogen and oxygen atoms in total. The molecular weight excluding hydrogens is 639 g/mol. The van der Waals surface area contributed by atoms with Crippen molar-refractivity contribution < 1.29 is 18.9 Å². The van der Waals surface area contributed by atoms with Crippen LogP contribution in [0, 0.1) is 0 Å². The summed E-state index contributed by atoms with van der Waals surface area (Å²) in [6.07, 6.45) is 5.23. The van der Waals surface area contributed by atoms with Gasteiger partial charge in [-0.25, -0.2) is 15.2 Å². The van der Waals surface area contributed by atoms with Gasteiger partial charge in [0.2, 0.25) is 0 Å². The number of nitrogens with zero attached hydrogens (tertiary/aromatic N) is 5. The lowest BCUT2D eigenvalue weighted by Crippen LogP contribution is -2.41. The summed E-state index contributed by atoms with van der Waals surface area (Å²) >= 11 is 0. The van der Waals surface area contributed by atoms with Crippen molar-refractivity contribution in [2.75, 3.05) is 0 Å². The van der Waals surface area contributed by atoms with Gasteiger partial charge in [-0.1, -0.05) is 24.3 Å². The van der Waals surface area contributed by atoms with Crippen molar-refractivity contribution in [2.45, 2.75) is 52.0 Å². The van der Waals surface area contributed by atoms with Gasteiger partial charge in [0.05, 0.1) is 57.4 Å². The van der Waals surface area contributed by atoms with Crippen LogP contribution in [0.5, 0.6) is 0 Å². The standard InChI is InChI=1S/C23H22BN3O5.C12H11N5O/c1-22(2)23(3,4)32-24(31-22)13-9-10-14-17(11-13)18(25-26-19(14)28)12-27-20(29)15-7-5-6-8-16(15)21(27)30;13-6-11-10-5-8(17-4-3-14-7-17)1-2-9(10)12(18)16-15-11/h5-11H,12H2,1-4H3,(H,26,28);1-5,7H,6,13H2,(H,16,18). The third kappa shape index (κ3) is 5.60. The largest absolute Gasteiger partial charge is 0.494 e. The van der Waals surface area contributed by atoms with Crippen molar-refractivity contribution in [3.63, 3.8) is 0 Å². The van der Waals surface area contributed by atoms with Crippen LogP contribution in [0.4, 0.5) is 0 Å². The van der Waals surface area contributed by atoms with E-state index < -0.39 is 18.3 Å². The third-order valence-electron chi connectivity index (χ3n) is 9.45. The smallest absolute Gasteiger partial charge is 0.399 e. The van der Waals surface area contributed by atoms with Gasteiger partial charge in [0.15, 0.2) is 0 Å². The number of benzene rings is 3. The monoisotopic (exact) mass is 672 g/mol. The molecule has 0 aliphatic carbocycles. The molecule has 0 radical (unpaired) electrons. The maximum Gasteiger partial charge on any atom is 0.494 e. The minimum absolute atomic E-state index is 0.0630. The maximum atomic E-state index is 12.8. The molecule has 8 rings (SSSR count). The molecule has 5 heterocycles. The summed E-state index contributed by atoms with van der Waals surface area (Å²) in [4.78, 5) is 54.8. The number of hydrogen-bond donors (Lipinski definition) is 3. The van der Waals surface area contributed by atoms with Crippen LogP contribution in [-0.4, -0.2) is 65.0 Å². The number of nitrogens with one attached hydrogen (secondary N) is 2. The first-order chi connectivity index (χ1) is 23.9. The molecule has 2 amide bonds. The molecule has 4 N–H and O–H groups in total. The lowest BCUT2D eigenvalue weighted by molar-refractivity contribution is 0.00578. The molecule has 1 fully saturated rings. The van der Waals surface area contributed by atoms with Gasteiger partial charge in [-0.15, -0.1) is 0 Å². The molecule has 3 aromatic heterocycles. The molecule has 0 saturated carbocycles. The average molecular weight is 673 g/mol. The van der Waals surface area contributed by atoms with Crippen LogP contribution in [0.15, 0.2) is 89.0 Å². The predicted octanol–water partition coefficient (Wildman–Crippen LogP) is 2.59. The molecular formula is C35H33BN8O6. The number of carbonyl (C=O) groups excluding carboxylic acids is 2. The number of carbonyl (C=O) groups is 2. The zero-order valence-corrected chi connectivity index (χ0v) is 27.8. The molecule has 0 atom stereocenters. The van der Waals surface area contributed by atoms with E-state index in [1.807, 2.05) is 50.6 Å². The first-order valence-electron chi connectivity index (χ1n) is 15.9. The number of fused-ring (bicyclic) bond motifs is 3. The number of aromatic nitrogens is 6. The summed E-state index contributed by atoms with van der Waals surface area (Å²) in [7, 11) is -0.615. The van der Waals surface area contributed by atoms with Gasteiger partial charge in [-0.3, -0.25) is 24.1 Å². The molecule has 252 valence electrons. The Hall–Kier alpha value is -5.77. The van der Waals surface area contributed by atoms with Crippen LogP contribution >= 0.6 is 0 Å². The van der Waals surface area contributed by atoms with Crippen LogP contribution in [-0.2, 0) is 22.4 Å². The van der Waals surface area contributed by atoms with E-state index in [9.17, 15) is 19.2 Å².